The van der Waals surface area contributed by atoms with Crippen LogP contribution in [0.4, 0.5) is 28.9 Å². The molecule has 310 valence electrons. The lowest BCUT2D eigenvalue weighted by molar-refractivity contribution is 0.283. The number of hydrogen-bond donors (Lipinski definition) is 3. The van der Waals surface area contributed by atoms with Gasteiger partial charge >= 0.3 is 0 Å². The molecule has 0 atom stereocenters. The average molecular weight is 1070 g/mol. The van der Waals surface area contributed by atoms with Crippen LogP contribution >= 0.6 is 45.2 Å². The fourth-order valence-corrected chi connectivity index (χ4v) is 10.8. The van der Waals surface area contributed by atoms with Crippen molar-refractivity contribution in [3.8, 4) is 0 Å². The molecule has 0 radical (unpaired) electrons. The van der Waals surface area contributed by atoms with Crippen LogP contribution in [0.3, 0.4) is 0 Å². The van der Waals surface area contributed by atoms with Gasteiger partial charge in [-0.3, -0.25) is 9.44 Å². The van der Waals surface area contributed by atoms with Crippen molar-refractivity contribution >= 4 is 98.4 Å². The quantitative estimate of drug-likeness (QED) is 0.0807. The summed E-state index contributed by atoms with van der Waals surface area (Å²) in [4.78, 5) is 16.1. The monoisotopic (exact) mass is 1070 g/mol. The number of halogens is 6. The SMILES string of the molecule is Cc1ncnc2c(F)c(Cc3ccc(I)cc3F)c(NS(=O)(=O)C3(CCO)CC3)cc12.Cc1ncnc2c(F)c(Cc3ccc(I)cc3F)c(NS(=O)(=O)C3CC3)cc12. The molecule has 0 spiro atoms. The number of rotatable bonds is 12. The van der Waals surface area contributed by atoms with E-state index >= 15 is 8.78 Å². The highest BCUT2D eigenvalue weighted by atomic mass is 127. The fraction of sp³-hybridized carbons (Fsp3) is 0.300. The van der Waals surface area contributed by atoms with E-state index in [1.807, 2.05) is 45.2 Å². The summed E-state index contributed by atoms with van der Waals surface area (Å²) in [5, 5.41) is 9.60. The highest BCUT2D eigenvalue weighted by Gasteiger charge is 2.54. The summed E-state index contributed by atoms with van der Waals surface area (Å²) in [6.45, 7) is 3.11. The van der Waals surface area contributed by atoms with Gasteiger partial charge in [-0.25, -0.2) is 54.3 Å². The highest BCUT2D eigenvalue weighted by Crippen LogP contribution is 2.47. The molecule has 59 heavy (non-hydrogen) atoms. The number of nitrogens with zero attached hydrogens (tertiary/aromatic N) is 4. The number of aromatic nitrogens is 4. The van der Waals surface area contributed by atoms with Gasteiger partial charge < -0.3 is 5.11 Å². The molecule has 2 heterocycles. The van der Waals surface area contributed by atoms with E-state index < -0.39 is 53.3 Å². The Morgan fingerprint density at radius 3 is 1.58 bits per heavy atom. The normalized spacial score (nSPS) is 14.9. The largest absolute Gasteiger partial charge is 0.396 e. The number of aliphatic hydroxyl groups is 1. The average Bonchev–Trinajstić information content (AvgIpc) is 4.10. The number of fused-ring (bicyclic) bond motifs is 2. The van der Waals surface area contributed by atoms with Crippen LogP contribution in [0.5, 0.6) is 0 Å². The van der Waals surface area contributed by atoms with Crippen LogP contribution in [0.1, 0.15) is 65.7 Å². The van der Waals surface area contributed by atoms with Gasteiger partial charge in [-0.2, -0.15) is 0 Å². The Labute approximate surface area is 365 Å². The van der Waals surface area contributed by atoms with Crippen molar-refractivity contribution in [1.82, 2.24) is 19.9 Å². The van der Waals surface area contributed by atoms with Crippen LogP contribution in [0.15, 0.2) is 61.2 Å². The van der Waals surface area contributed by atoms with E-state index in [0.717, 1.165) is 3.57 Å². The van der Waals surface area contributed by atoms with E-state index in [0.29, 0.717) is 51.4 Å². The Balaban J connectivity index is 0.000000180. The zero-order chi connectivity index (χ0) is 42.4. The lowest BCUT2D eigenvalue weighted by Crippen LogP contribution is -2.31. The molecule has 19 heteroatoms. The molecule has 0 saturated heterocycles. The first kappa shape index (κ1) is 43.3. The lowest BCUT2D eigenvalue weighted by atomic mass is 9.99. The summed E-state index contributed by atoms with van der Waals surface area (Å²) in [7, 11) is -7.53. The molecule has 0 bridgehead atoms. The number of nitrogens with one attached hydrogen (secondary N) is 2. The first-order chi connectivity index (χ1) is 27.9. The highest BCUT2D eigenvalue weighted by molar-refractivity contribution is 14.1. The van der Waals surface area contributed by atoms with Gasteiger partial charge in [0, 0.05) is 59.9 Å². The molecule has 0 unspecified atom stereocenters. The third kappa shape index (κ3) is 9.13. The Morgan fingerprint density at radius 2 is 1.17 bits per heavy atom. The van der Waals surface area contributed by atoms with Crippen molar-refractivity contribution in [2.24, 2.45) is 0 Å². The number of benzene rings is 4. The predicted octanol–water partition coefficient (Wildman–Crippen LogP) is 8.38. The number of hydrogen-bond acceptors (Lipinski definition) is 9. The van der Waals surface area contributed by atoms with Crippen LogP contribution in [-0.2, 0) is 32.9 Å². The third-order valence-electron chi connectivity index (χ3n) is 10.5. The minimum absolute atomic E-state index is 0.00841. The molecule has 2 aromatic heterocycles. The summed E-state index contributed by atoms with van der Waals surface area (Å²) >= 11 is 3.97. The Bertz CT molecular complexity index is 2870. The summed E-state index contributed by atoms with van der Waals surface area (Å²) in [6.07, 6.45) is 4.33. The second kappa shape index (κ2) is 16.9. The lowest BCUT2D eigenvalue weighted by Gasteiger charge is -2.20. The maximum Gasteiger partial charge on any atom is 0.238 e. The maximum atomic E-state index is 15.6. The summed E-state index contributed by atoms with van der Waals surface area (Å²) in [5.74, 6) is -2.36. The van der Waals surface area contributed by atoms with Crippen LogP contribution in [-0.4, -0.2) is 58.5 Å². The smallest absolute Gasteiger partial charge is 0.238 e. The minimum Gasteiger partial charge on any atom is -0.396 e. The van der Waals surface area contributed by atoms with E-state index in [1.54, 1.807) is 38.1 Å². The van der Waals surface area contributed by atoms with Gasteiger partial charge in [-0.05, 0) is 139 Å². The van der Waals surface area contributed by atoms with Crippen LogP contribution < -0.4 is 9.44 Å². The molecule has 2 aliphatic rings. The molecule has 6 aromatic rings. The summed E-state index contributed by atoms with van der Waals surface area (Å²) in [5.41, 5.74) is 1.88. The van der Waals surface area contributed by atoms with Gasteiger partial charge in [0.05, 0.1) is 21.4 Å². The van der Waals surface area contributed by atoms with Crippen molar-refractivity contribution in [1.29, 1.82) is 0 Å². The van der Waals surface area contributed by atoms with E-state index in [-0.39, 0.29) is 70.5 Å². The number of aliphatic hydroxyl groups excluding tert-OH is 1. The Kier molecular flexibility index (Phi) is 12.4. The summed E-state index contributed by atoms with van der Waals surface area (Å²) in [6, 6.07) is 12.3. The molecule has 3 N–H and O–H groups in total. The van der Waals surface area contributed by atoms with Crippen molar-refractivity contribution < 1.29 is 39.5 Å². The molecule has 2 fully saturated rings. The molecule has 0 amide bonds. The Morgan fingerprint density at radius 1 is 0.712 bits per heavy atom. The third-order valence-corrected chi connectivity index (χ3v) is 15.9. The van der Waals surface area contributed by atoms with Crippen LogP contribution in [0.25, 0.3) is 21.8 Å². The molecular formula is C40H36F4I2N6O5S2. The number of aryl methyl sites for hydroxylation is 2. The molecule has 4 aromatic carbocycles. The minimum atomic E-state index is -3.91. The zero-order valence-electron chi connectivity index (χ0n) is 31.5. The van der Waals surface area contributed by atoms with Crippen molar-refractivity contribution in [3.63, 3.8) is 0 Å². The predicted molar refractivity (Wildman–Crippen MR) is 234 cm³/mol. The number of sulfonamides is 2. The van der Waals surface area contributed by atoms with Gasteiger partial charge in [0.1, 0.15) is 35.3 Å². The zero-order valence-corrected chi connectivity index (χ0v) is 37.4. The summed E-state index contributed by atoms with van der Waals surface area (Å²) < 4.78 is 116. The fourth-order valence-electron chi connectivity index (χ4n) is 6.75. The molecular weight excluding hydrogens is 1040 g/mol. The first-order valence-corrected chi connectivity index (χ1v) is 23.5. The molecule has 0 aliphatic heterocycles. The first-order valence-electron chi connectivity index (χ1n) is 18.3. The van der Waals surface area contributed by atoms with Crippen molar-refractivity contribution in [3.05, 3.63) is 125 Å². The van der Waals surface area contributed by atoms with E-state index in [4.69, 9.17) is 0 Å². The van der Waals surface area contributed by atoms with Crippen LogP contribution in [0.2, 0.25) is 0 Å². The van der Waals surface area contributed by atoms with Crippen molar-refractivity contribution in [2.75, 3.05) is 16.1 Å². The molecule has 8 rings (SSSR count). The second-order valence-electron chi connectivity index (χ2n) is 14.6. The topological polar surface area (TPSA) is 164 Å². The van der Waals surface area contributed by atoms with Gasteiger partial charge in [0.25, 0.3) is 0 Å². The van der Waals surface area contributed by atoms with Crippen molar-refractivity contribution in [2.45, 2.75) is 68.8 Å². The van der Waals surface area contributed by atoms with E-state index in [1.165, 1.54) is 36.9 Å². The van der Waals surface area contributed by atoms with Gasteiger partial charge in [-0.1, -0.05) is 12.1 Å². The molecule has 11 nitrogen and oxygen atoms in total. The van der Waals surface area contributed by atoms with E-state index in [9.17, 15) is 30.7 Å². The number of anilines is 2. The standard InChI is InChI=1S/C21H20F2IN3O3S.C19H16F2IN3O2S/c1-12-15-10-18(27-31(29,30)21(4-5-21)6-7-28)16(19(23)20(15)26-11-25-12)8-13-2-3-14(24)9-17(13)22;1-10-14-8-17(25-28(26,27)13-4-5-13)15(18(21)19(14)24-9-23-10)6-11-2-3-12(22)7-16(11)20/h2-3,9-11,27-28H,4-8H2,1H3;2-3,7-9,13,25H,4-6H2,1H3. The van der Waals surface area contributed by atoms with Crippen LogP contribution in [0, 0.1) is 44.3 Å². The van der Waals surface area contributed by atoms with Gasteiger partial charge in [0.15, 0.2) is 11.6 Å². The maximum absolute atomic E-state index is 15.6. The second-order valence-corrected chi connectivity index (χ2v) is 21.1. The van der Waals surface area contributed by atoms with E-state index in [2.05, 4.69) is 29.4 Å². The van der Waals surface area contributed by atoms with Gasteiger partial charge in [0.2, 0.25) is 20.0 Å². The molecule has 2 aliphatic carbocycles. The van der Waals surface area contributed by atoms with Gasteiger partial charge in [-0.15, -0.1) is 0 Å². The molecule has 2 saturated carbocycles. The Hall–Kier alpha value is -3.80.